The average Bonchev–Trinajstić information content (AvgIpc) is 2.96. The Morgan fingerprint density at radius 2 is 2.38 bits per heavy atom. The molecule has 0 bridgehead atoms. The molecule has 2 aromatic heterocycles. The van der Waals surface area contributed by atoms with Crippen LogP contribution in [0.5, 0.6) is 0 Å². The van der Waals surface area contributed by atoms with Gasteiger partial charge in [0.2, 0.25) is 11.8 Å². The zero-order valence-corrected chi connectivity index (χ0v) is 11.9. The number of thiophene rings is 1. The Kier molecular flexibility index (Phi) is 3.67. The van der Waals surface area contributed by atoms with Crippen LogP contribution in [-0.2, 0) is 6.42 Å². The van der Waals surface area contributed by atoms with Gasteiger partial charge in [0.1, 0.15) is 6.20 Å². The third kappa shape index (κ3) is 2.65. The van der Waals surface area contributed by atoms with E-state index in [0.717, 1.165) is 25.5 Å². The molecule has 0 spiro atoms. The molecule has 1 atom stereocenters. The summed E-state index contributed by atoms with van der Waals surface area (Å²) in [4.78, 5) is 19.8. The van der Waals surface area contributed by atoms with Gasteiger partial charge in [-0.3, -0.25) is 15.5 Å². The van der Waals surface area contributed by atoms with Gasteiger partial charge in [0.05, 0.1) is 11.0 Å². The van der Waals surface area contributed by atoms with E-state index >= 15 is 0 Å². The molecule has 0 saturated carbocycles. The van der Waals surface area contributed by atoms with E-state index in [1.807, 2.05) is 5.38 Å². The first kappa shape index (κ1) is 13.7. The SMILES string of the molecule is NNc1ncc([N+](=O)[O-])c(NC2CCCc3sccc32)n1. The van der Waals surface area contributed by atoms with Crippen molar-refractivity contribution in [3.63, 3.8) is 0 Å². The fraction of sp³-hybridized carbons (Fsp3) is 0.333. The van der Waals surface area contributed by atoms with Crippen molar-refractivity contribution in [1.82, 2.24) is 9.97 Å². The number of rotatable bonds is 4. The van der Waals surface area contributed by atoms with Crippen LogP contribution in [0.3, 0.4) is 0 Å². The Labute approximate surface area is 124 Å². The summed E-state index contributed by atoms with van der Waals surface area (Å²) in [6.07, 6.45) is 4.18. The number of hydrogen-bond acceptors (Lipinski definition) is 8. The topological polar surface area (TPSA) is 119 Å². The van der Waals surface area contributed by atoms with E-state index in [0.29, 0.717) is 0 Å². The van der Waals surface area contributed by atoms with Crippen LogP contribution >= 0.6 is 11.3 Å². The standard InChI is InChI=1S/C12H14N6O2S/c13-17-12-14-6-9(18(19)20)11(16-12)15-8-2-1-3-10-7(8)4-5-21-10/h4-6,8H,1-3,13H2,(H2,14,15,16,17). The highest BCUT2D eigenvalue weighted by atomic mass is 32.1. The number of hydrazine groups is 1. The van der Waals surface area contributed by atoms with Crippen LogP contribution in [0.15, 0.2) is 17.6 Å². The fourth-order valence-corrected chi connectivity index (χ4v) is 3.47. The lowest BCUT2D eigenvalue weighted by Crippen LogP contribution is -2.18. The van der Waals surface area contributed by atoms with Crippen molar-refractivity contribution in [2.45, 2.75) is 25.3 Å². The number of nitrogens with two attached hydrogens (primary N) is 1. The van der Waals surface area contributed by atoms with E-state index in [2.05, 4.69) is 26.8 Å². The van der Waals surface area contributed by atoms with E-state index in [4.69, 9.17) is 5.84 Å². The van der Waals surface area contributed by atoms with Crippen LogP contribution in [0.25, 0.3) is 0 Å². The second-order valence-corrected chi connectivity index (χ2v) is 5.72. The van der Waals surface area contributed by atoms with Gasteiger partial charge in [-0.1, -0.05) is 0 Å². The summed E-state index contributed by atoms with van der Waals surface area (Å²) in [7, 11) is 0. The molecular weight excluding hydrogens is 292 g/mol. The molecule has 0 fully saturated rings. The lowest BCUT2D eigenvalue weighted by molar-refractivity contribution is -0.384. The van der Waals surface area contributed by atoms with Crippen LogP contribution in [-0.4, -0.2) is 14.9 Å². The minimum absolute atomic E-state index is 0.0271. The number of aromatic nitrogens is 2. The van der Waals surface area contributed by atoms with E-state index in [1.165, 1.54) is 10.4 Å². The molecular formula is C12H14N6O2S. The van der Waals surface area contributed by atoms with Crippen molar-refractivity contribution in [3.8, 4) is 0 Å². The van der Waals surface area contributed by atoms with Gasteiger partial charge in [0.25, 0.3) is 0 Å². The van der Waals surface area contributed by atoms with Crippen molar-refractivity contribution < 1.29 is 4.92 Å². The van der Waals surface area contributed by atoms with E-state index in [9.17, 15) is 10.1 Å². The second-order valence-electron chi connectivity index (χ2n) is 4.72. The van der Waals surface area contributed by atoms with Crippen molar-refractivity contribution in [3.05, 3.63) is 38.2 Å². The van der Waals surface area contributed by atoms with E-state index in [-0.39, 0.29) is 23.5 Å². The van der Waals surface area contributed by atoms with E-state index in [1.54, 1.807) is 11.3 Å². The predicted molar refractivity (Wildman–Crippen MR) is 80.1 cm³/mol. The molecule has 1 aliphatic carbocycles. The van der Waals surface area contributed by atoms with Gasteiger partial charge in [-0.05, 0) is 36.3 Å². The minimum atomic E-state index is -0.500. The van der Waals surface area contributed by atoms with Crippen LogP contribution in [0.4, 0.5) is 17.5 Å². The summed E-state index contributed by atoms with van der Waals surface area (Å²) in [6, 6.07) is 2.09. The summed E-state index contributed by atoms with van der Waals surface area (Å²) < 4.78 is 0. The van der Waals surface area contributed by atoms with Crippen LogP contribution in [0, 0.1) is 10.1 Å². The van der Waals surface area contributed by atoms with Crippen molar-refractivity contribution >= 4 is 28.8 Å². The number of nitrogen functional groups attached to an aromatic ring is 1. The Balaban J connectivity index is 1.93. The van der Waals surface area contributed by atoms with Crippen LogP contribution in [0.1, 0.15) is 29.3 Å². The Bertz CT molecular complexity index is 674. The Hall–Kier alpha value is -2.26. The van der Waals surface area contributed by atoms with Crippen molar-refractivity contribution in [2.24, 2.45) is 5.84 Å². The molecule has 110 valence electrons. The number of hydrogen-bond donors (Lipinski definition) is 3. The molecule has 1 unspecified atom stereocenters. The highest BCUT2D eigenvalue weighted by Crippen LogP contribution is 2.36. The number of nitrogens with zero attached hydrogens (tertiary/aromatic N) is 3. The maximum atomic E-state index is 11.1. The number of nitro groups is 1. The summed E-state index contributed by atoms with van der Waals surface area (Å²) in [5, 5.41) is 16.3. The number of fused-ring (bicyclic) bond motifs is 1. The highest BCUT2D eigenvalue weighted by Gasteiger charge is 2.25. The third-order valence-corrected chi connectivity index (χ3v) is 4.45. The van der Waals surface area contributed by atoms with Gasteiger partial charge < -0.3 is 5.32 Å². The van der Waals surface area contributed by atoms with Crippen molar-refractivity contribution in [1.29, 1.82) is 0 Å². The number of nitrogens with one attached hydrogen (secondary N) is 2. The molecule has 4 N–H and O–H groups in total. The molecule has 9 heteroatoms. The Morgan fingerprint density at radius 1 is 1.52 bits per heavy atom. The minimum Gasteiger partial charge on any atom is -0.357 e. The van der Waals surface area contributed by atoms with Gasteiger partial charge in [-0.2, -0.15) is 4.98 Å². The summed E-state index contributed by atoms with van der Waals surface area (Å²) in [6.45, 7) is 0. The smallest absolute Gasteiger partial charge is 0.329 e. The zero-order chi connectivity index (χ0) is 14.8. The predicted octanol–water partition coefficient (Wildman–Crippen LogP) is 2.22. The van der Waals surface area contributed by atoms with Gasteiger partial charge in [-0.25, -0.2) is 10.8 Å². The number of aryl methyl sites for hydroxylation is 1. The molecule has 0 aliphatic heterocycles. The molecule has 0 saturated heterocycles. The molecule has 3 rings (SSSR count). The average molecular weight is 306 g/mol. The summed E-state index contributed by atoms with van der Waals surface area (Å²) in [5.74, 6) is 5.60. The maximum absolute atomic E-state index is 11.1. The molecule has 0 aromatic carbocycles. The van der Waals surface area contributed by atoms with Gasteiger partial charge in [0, 0.05) is 4.88 Å². The van der Waals surface area contributed by atoms with Gasteiger partial charge in [-0.15, -0.1) is 11.3 Å². The summed E-state index contributed by atoms with van der Waals surface area (Å²) in [5.41, 5.74) is 3.34. The molecule has 2 heterocycles. The summed E-state index contributed by atoms with van der Waals surface area (Å²) >= 11 is 1.72. The lowest BCUT2D eigenvalue weighted by atomic mass is 9.94. The quantitative estimate of drug-likeness (QED) is 0.450. The number of anilines is 2. The molecule has 2 aromatic rings. The molecule has 21 heavy (non-hydrogen) atoms. The van der Waals surface area contributed by atoms with Gasteiger partial charge >= 0.3 is 5.69 Å². The van der Waals surface area contributed by atoms with Gasteiger partial charge in [0.15, 0.2) is 0 Å². The first-order valence-corrected chi connectivity index (χ1v) is 7.38. The van der Waals surface area contributed by atoms with Crippen molar-refractivity contribution in [2.75, 3.05) is 10.7 Å². The first-order valence-electron chi connectivity index (χ1n) is 6.50. The molecule has 8 nitrogen and oxygen atoms in total. The van der Waals surface area contributed by atoms with E-state index < -0.39 is 4.92 Å². The second kappa shape index (κ2) is 5.62. The Morgan fingerprint density at radius 3 is 3.14 bits per heavy atom. The van der Waals surface area contributed by atoms with Crippen LogP contribution in [0.2, 0.25) is 0 Å². The zero-order valence-electron chi connectivity index (χ0n) is 11.1. The third-order valence-electron chi connectivity index (χ3n) is 3.46. The highest BCUT2D eigenvalue weighted by molar-refractivity contribution is 7.10. The molecule has 1 aliphatic rings. The van der Waals surface area contributed by atoms with Crippen LogP contribution < -0.4 is 16.6 Å². The fourth-order valence-electron chi connectivity index (χ4n) is 2.49. The lowest BCUT2D eigenvalue weighted by Gasteiger charge is -2.24. The maximum Gasteiger partial charge on any atom is 0.329 e. The normalized spacial score (nSPS) is 17.1. The molecule has 0 radical (unpaired) electrons. The monoisotopic (exact) mass is 306 g/mol. The largest absolute Gasteiger partial charge is 0.357 e. The first-order chi connectivity index (χ1) is 10.2. The molecule has 0 amide bonds.